The summed E-state index contributed by atoms with van der Waals surface area (Å²) in [5, 5.41) is 4.06. The third kappa shape index (κ3) is 3.99. The van der Waals surface area contributed by atoms with Crippen LogP contribution < -0.4 is 10.2 Å². The van der Waals surface area contributed by atoms with E-state index in [1.54, 1.807) is 18.2 Å². The summed E-state index contributed by atoms with van der Waals surface area (Å²) in [7, 11) is 1.88. The number of rotatable bonds is 5. The second-order valence-electron chi connectivity index (χ2n) is 4.64. The van der Waals surface area contributed by atoms with Crippen molar-refractivity contribution in [1.29, 1.82) is 0 Å². The summed E-state index contributed by atoms with van der Waals surface area (Å²) in [5.74, 6) is 0.976. The summed E-state index contributed by atoms with van der Waals surface area (Å²) < 4.78 is 12.9. The van der Waals surface area contributed by atoms with Crippen molar-refractivity contribution in [2.75, 3.05) is 23.8 Å². The van der Waals surface area contributed by atoms with Gasteiger partial charge in [-0.1, -0.05) is 35.3 Å². The van der Waals surface area contributed by atoms with E-state index in [2.05, 4.69) is 10.3 Å². The van der Waals surface area contributed by atoms with Gasteiger partial charge in [-0.15, -0.1) is 0 Å². The van der Waals surface area contributed by atoms with E-state index in [4.69, 9.17) is 23.2 Å². The van der Waals surface area contributed by atoms with Gasteiger partial charge in [-0.2, -0.15) is 0 Å². The molecule has 6 heteroatoms. The number of benzene rings is 1. The fourth-order valence-electron chi connectivity index (χ4n) is 1.95. The number of nitrogens with zero attached hydrogens (tertiary/aromatic N) is 2. The summed E-state index contributed by atoms with van der Waals surface area (Å²) >= 11 is 12.3. The largest absolute Gasteiger partial charge is 0.369 e. The Morgan fingerprint density at radius 3 is 2.48 bits per heavy atom. The Bertz CT molecular complexity index is 617. The van der Waals surface area contributed by atoms with E-state index in [1.165, 1.54) is 12.1 Å². The highest BCUT2D eigenvalue weighted by Gasteiger charge is 2.13. The maximum absolute atomic E-state index is 12.9. The Morgan fingerprint density at radius 1 is 1.19 bits per heavy atom. The minimum atomic E-state index is -0.251. The highest BCUT2D eigenvalue weighted by atomic mass is 35.5. The summed E-state index contributed by atoms with van der Waals surface area (Å²) in [4.78, 5) is 6.35. The van der Waals surface area contributed by atoms with Crippen LogP contribution in [-0.2, 0) is 6.54 Å². The predicted octanol–water partition coefficient (Wildman–Crippen LogP) is 4.60. The molecule has 0 atom stereocenters. The van der Waals surface area contributed by atoms with Crippen LogP contribution in [0.4, 0.5) is 16.0 Å². The molecule has 0 aliphatic rings. The molecule has 0 saturated carbocycles. The molecule has 0 saturated heterocycles. The van der Waals surface area contributed by atoms with Crippen LogP contribution in [-0.4, -0.2) is 18.6 Å². The van der Waals surface area contributed by atoms with Gasteiger partial charge in [0.15, 0.2) is 0 Å². The van der Waals surface area contributed by atoms with Crippen LogP contribution in [0.5, 0.6) is 0 Å². The normalized spacial score (nSPS) is 10.5. The highest BCUT2D eigenvalue weighted by Crippen LogP contribution is 2.31. The van der Waals surface area contributed by atoms with Crippen molar-refractivity contribution in [1.82, 2.24) is 4.98 Å². The van der Waals surface area contributed by atoms with Crippen LogP contribution in [0.25, 0.3) is 0 Å². The predicted molar refractivity (Wildman–Crippen MR) is 86.9 cm³/mol. The van der Waals surface area contributed by atoms with Crippen molar-refractivity contribution in [3.8, 4) is 0 Å². The van der Waals surface area contributed by atoms with Crippen molar-refractivity contribution < 1.29 is 4.39 Å². The third-order valence-corrected chi connectivity index (χ3v) is 3.52. The van der Waals surface area contributed by atoms with Crippen molar-refractivity contribution in [3.63, 3.8) is 0 Å². The second kappa shape index (κ2) is 6.96. The molecule has 1 aromatic heterocycles. The Morgan fingerprint density at radius 2 is 1.86 bits per heavy atom. The van der Waals surface area contributed by atoms with E-state index in [1.807, 2.05) is 18.9 Å². The van der Waals surface area contributed by atoms with Crippen LogP contribution >= 0.6 is 23.2 Å². The molecule has 3 nitrogen and oxygen atoms in total. The molecule has 0 spiro atoms. The van der Waals surface area contributed by atoms with Gasteiger partial charge in [0.1, 0.15) is 17.5 Å². The number of halogens is 3. The van der Waals surface area contributed by atoms with Gasteiger partial charge < -0.3 is 10.2 Å². The average molecular weight is 328 g/mol. The van der Waals surface area contributed by atoms with Gasteiger partial charge in [-0.05, 0) is 30.7 Å². The number of aromatic nitrogens is 1. The van der Waals surface area contributed by atoms with Gasteiger partial charge in [0.25, 0.3) is 0 Å². The van der Waals surface area contributed by atoms with Crippen LogP contribution in [0.3, 0.4) is 0 Å². The lowest BCUT2D eigenvalue weighted by atomic mass is 10.2. The first-order valence-corrected chi connectivity index (χ1v) is 7.32. The number of nitrogens with one attached hydrogen (secondary N) is 1. The average Bonchev–Trinajstić information content (AvgIpc) is 2.44. The van der Waals surface area contributed by atoms with Gasteiger partial charge in [0.05, 0.1) is 10.0 Å². The molecule has 0 aliphatic heterocycles. The maximum atomic E-state index is 12.9. The molecule has 0 radical (unpaired) electrons. The van der Waals surface area contributed by atoms with E-state index >= 15 is 0 Å². The summed E-state index contributed by atoms with van der Waals surface area (Å²) in [6.07, 6.45) is 0. The van der Waals surface area contributed by atoms with E-state index in [-0.39, 0.29) is 5.82 Å². The zero-order chi connectivity index (χ0) is 15.4. The monoisotopic (exact) mass is 327 g/mol. The molecule has 0 aliphatic carbocycles. The van der Waals surface area contributed by atoms with E-state index in [9.17, 15) is 4.39 Å². The van der Waals surface area contributed by atoms with Gasteiger partial charge in [0.2, 0.25) is 0 Å². The molecule has 0 unspecified atom stereocenters. The van der Waals surface area contributed by atoms with E-state index in [0.29, 0.717) is 28.2 Å². The molecule has 21 heavy (non-hydrogen) atoms. The van der Waals surface area contributed by atoms with Crippen LogP contribution in [0.1, 0.15) is 12.5 Å². The molecular formula is C15H16Cl2FN3. The lowest BCUT2D eigenvalue weighted by Crippen LogP contribution is -2.19. The molecule has 1 N–H and O–H groups in total. The quantitative estimate of drug-likeness (QED) is 0.870. The Labute approximate surface area is 133 Å². The molecular weight excluding hydrogens is 312 g/mol. The zero-order valence-electron chi connectivity index (χ0n) is 11.8. The molecule has 0 amide bonds. The zero-order valence-corrected chi connectivity index (χ0v) is 13.3. The van der Waals surface area contributed by atoms with Gasteiger partial charge >= 0.3 is 0 Å². The Hall–Kier alpha value is -1.52. The van der Waals surface area contributed by atoms with Crippen LogP contribution in [0.2, 0.25) is 10.0 Å². The SMILES string of the molecule is CCNc1nc(N(C)Cc2ccc(F)cc2)c(Cl)cc1Cl. The molecule has 112 valence electrons. The molecule has 1 aromatic carbocycles. The first-order chi connectivity index (χ1) is 10.0. The van der Waals surface area contributed by atoms with E-state index in [0.717, 1.165) is 12.1 Å². The van der Waals surface area contributed by atoms with Crippen molar-refractivity contribution in [3.05, 3.63) is 51.8 Å². The lowest BCUT2D eigenvalue weighted by molar-refractivity contribution is 0.627. The minimum absolute atomic E-state index is 0.251. The molecule has 1 heterocycles. The second-order valence-corrected chi connectivity index (χ2v) is 5.45. The summed E-state index contributed by atoms with van der Waals surface area (Å²) in [6, 6.07) is 8.01. The first-order valence-electron chi connectivity index (χ1n) is 6.56. The molecule has 0 fully saturated rings. The topological polar surface area (TPSA) is 28.2 Å². The molecule has 2 aromatic rings. The van der Waals surface area contributed by atoms with Gasteiger partial charge in [0, 0.05) is 20.1 Å². The fourth-order valence-corrected chi connectivity index (χ4v) is 2.52. The van der Waals surface area contributed by atoms with Crippen LogP contribution in [0.15, 0.2) is 30.3 Å². The summed E-state index contributed by atoms with van der Waals surface area (Å²) in [6.45, 7) is 3.25. The highest BCUT2D eigenvalue weighted by molar-refractivity contribution is 6.37. The van der Waals surface area contributed by atoms with Crippen molar-refractivity contribution >= 4 is 34.8 Å². The van der Waals surface area contributed by atoms with Crippen molar-refractivity contribution in [2.45, 2.75) is 13.5 Å². The number of hydrogen-bond donors (Lipinski definition) is 1. The molecule has 0 bridgehead atoms. The maximum Gasteiger partial charge on any atom is 0.149 e. The smallest absolute Gasteiger partial charge is 0.149 e. The number of hydrogen-bond acceptors (Lipinski definition) is 3. The van der Waals surface area contributed by atoms with E-state index < -0.39 is 0 Å². The summed E-state index contributed by atoms with van der Waals surface area (Å²) in [5.41, 5.74) is 0.969. The Balaban J connectivity index is 2.23. The standard InChI is InChI=1S/C15H16Cl2FN3/c1-3-19-14-12(16)8-13(17)15(20-14)21(2)9-10-4-6-11(18)7-5-10/h4-8H,3,9H2,1-2H3,(H,19,20). The number of pyridine rings is 1. The van der Waals surface area contributed by atoms with Gasteiger partial charge in [-0.3, -0.25) is 0 Å². The van der Waals surface area contributed by atoms with Gasteiger partial charge in [-0.25, -0.2) is 9.37 Å². The number of anilines is 2. The molecule has 2 rings (SSSR count). The minimum Gasteiger partial charge on any atom is -0.369 e. The van der Waals surface area contributed by atoms with Crippen molar-refractivity contribution in [2.24, 2.45) is 0 Å². The Kier molecular flexibility index (Phi) is 5.26. The van der Waals surface area contributed by atoms with Crippen LogP contribution in [0, 0.1) is 5.82 Å². The first kappa shape index (κ1) is 15.9. The lowest BCUT2D eigenvalue weighted by Gasteiger charge is -2.21. The third-order valence-electron chi connectivity index (χ3n) is 2.95. The fraction of sp³-hybridized carbons (Fsp3) is 0.267.